The first-order valence-corrected chi connectivity index (χ1v) is 7.36. The van der Waals surface area contributed by atoms with Gasteiger partial charge in [0.25, 0.3) is 0 Å². The molecule has 0 aliphatic heterocycles. The molecule has 2 aromatic rings. The van der Waals surface area contributed by atoms with E-state index in [9.17, 15) is 9.50 Å². The van der Waals surface area contributed by atoms with E-state index in [1.165, 1.54) is 19.2 Å². The van der Waals surface area contributed by atoms with Gasteiger partial charge in [0.2, 0.25) is 0 Å². The molecular weight excluding hydrogens is 426 g/mol. The minimum Gasteiger partial charge on any atom is -0.494 e. The van der Waals surface area contributed by atoms with Crippen molar-refractivity contribution in [2.45, 2.75) is 6.10 Å². The van der Waals surface area contributed by atoms with Crippen LogP contribution in [0.5, 0.6) is 5.75 Å². The minimum absolute atomic E-state index is 0.167. The van der Waals surface area contributed by atoms with Gasteiger partial charge < -0.3 is 9.84 Å². The van der Waals surface area contributed by atoms with Gasteiger partial charge in [-0.05, 0) is 64.0 Å². The largest absolute Gasteiger partial charge is 0.494 e. The number of benzene rings is 2. The van der Waals surface area contributed by atoms with Gasteiger partial charge in [-0.1, -0.05) is 22.0 Å². The molecule has 100 valence electrons. The second-order valence-electron chi connectivity index (χ2n) is 3.96. The Labute approximate surface area is 132 Å². The summed E-state index contributed by atoms with van der Waals surface area (Å²) in [5, 5.41) is 10.4. The molecule has 0 bridgehead atoms. The van der Waals surface area contributed by atoms with Crippen LogP contribution in [0.1, 0.15) is 17.2 Å². The van der Waals surface area contributed by atoms with E-state index in [0.29, 0.717) is 5.56 Å². The van der Waals surface area contributed by atoms with Crippen molar-refractivity contribution in [3.63, 3.8) is 0 Å². The highest BCUT2D eigenvalue weighted by Gasteiger charge is 2.16. The lowest BCUT2D eigenvalue weighted by Crippen LogP contribution is -2.03. The fourth-order valence-electron chi connectivity index (χ4n) is 1.76. The molecule has 19 heavy (non-hydrogen) atoms. The maximum Gasteiger partial charge on any atom is 0.165 e. The van der Waals surface area contributed by atoms with Crippen molar-refractivity contribution in [3.8, 4) is 5.75 Å². The zero-order valence-corrected chi connectivity index (χ0v) is 13.8. The minimum atomic E-state index is -0.871. The summed E-state index contributed by atoms with van der Waals surface area (Å²) in [5.74, 6) is -0.316. The van der Waals surface area contributed by atoms with Gasteiger partial charge in [0.15, 0.2) is 11.6 Å². The molecule has 2 aromatic carbocycles. The molecule has 0 heterocycles. The van der Waals surface area contributed by atoms with Crippen LogP contribution in [0.3, 0.4) is 0 Å². The second-order valence-corrected chi connectivity index (χ2v) is 6.04. The molecule has 1 atom stereocenters. The molecule has 0 aliphatic rings. The van der Waals surface area contributed by atoms with E-state index in [0.717, 1.165) is 13.6 Å². The molecule has 2 nitrogen and oxygen atoms in total. The second kappa shape index (κ2) is 6.19. The number of aliphatic hydroxyl groups excluding tert-OH is 1. The van der Waals surface area contributed by atoms with Gasteiger partial charge in [-0.3, -0.25) is 0 Å². The van der Waals surface area contributed by atoms with Gasteiger partial charge >= 0.3 is 0 Å². The molecule has 0 fully saturated rings. The Bertz CT molecular complexity index is 604. The monoisotopic (exact) mass is 436 g/mol. The summed E-state index contributed by atoms with van der Waals surface area (Å²) in [7, 11) is 1.41. The number of hydrogen-bond acceptors (Lipinski definition) is 2. The molecule has 1 unspecified atom stereocenters. The fraction of sp³-hybridized carbons (Fsp3) is 0.143. The number of hydrogen-bond donors (Lipinski definition) is 1. The predicted molar refractivity (Wildman–Crippen MR) is 83.9 cm³/mol. The van der Waals surface area contributed by atoms with Crippen molar-refractivity contribution in [3.05, 3.63) is 61.4 Å². The third-order valence-electron chi connectivity index (χ3n) is 2.74. The number of rotatable bonds is 3. The lowest BCUT2D eigenvalue weighted by Gasteiger charge is -2.14. The molecule has 2 rings (SSSR count). The Morgan fingerprint density at radius 1 is 1.26 bits per heavy atom. The van der Waals surface area contributed by atoms with Crippen LogP contribution in [0.25, 0.3) is 0 Å². The van der Waals surface area contributed by atoms with Crippen LogP contribution in [-0.4, -0.2) is 12.2 Å². The van der Waals surface area contributed by atoms with Crippen LogP contribution < -0.4 is 4.74 Å². The molecule has 0 radical (unpaired) electrons. The van der Waals surface area contributed by atoms with Crippen molar-refractivity contribution in [1.82, 2.24) is 0 Å². The first kappa shape index (κ1) is 14.7. The summed E-state index contributed by atoms with van der Waals surface area (Å²) in [6.07, 6.45) is -0.871. The predicted octanol–water partition coefficient (Wildman–Crippen LogP) is 4.28. The van der Waals surface area contributed by atoms with Gasteiger partial charge in [0, 0.05) is 8.04 Å². The fourth-order valence-corrected chi connectivity index (χ4v) is 2.77. The summed E-state index contributed by atoms with van der Waals surface area (Å²) >= 11 is 5.51. The quantitative estimate of drug-likeness (QED) is 0.727. The van der Waals surface area contributed by atoms with E-state index in [1.807, 2.05) is 18.2 Å². The SMILES string of the molecule is COc1ccc(C(O)c2cc(Br)ccc2I)cc1F. The van der Waals surface area contributed by atoms with E-state index >= 15 is 0 Å². The van der Waals surface area contributed by atoms with E-state index in [2.05, 4.69) is 38.5 Å². The van der Waals surface area contributed by atoms with Crippen molar-refractivity contribution >= 4 is 38.5 Å². The van der Waals surface area contributed by atoms with Crippen molar-refractivity contribution in [1.29, 1.82) is 0 Å². The highest BCUT2D eigenvalue weighted by Crippen LogP contribution is 2.30. The summed E-state index contributed by atoms with van der Waals surface area (Å²) < 4.78 is 20.3. The summed E-state index contributed by atoms with van der Waals surface area (Å²) in [5.41, 5.74) is 1.23. The highest BCUT2D eigenvalue weighted by molar-refractivity contribution is 14.1. The molecule has 0 spiro atoms. The summed E-state index contributed by atoms with van der Waals surface area (Å²) in [6.45, 7) is 0. The first-order valence-electron chi connectivity index (χ1n) is 5.49. The smallest absolute Gasteiger partial charge is 0.165 e. The average Bonchev–Trinajstić information content (AvgIpc) is 2.40. The number of halogens is 3. The molecular formula is C14H11BrFIO2. The summed E-state index contributed by atoms with van der Waals surface area (Å²) in [4.78, 5) is 0. The van der Waals surface area contributed by atoms with E-state index in [-0.39, 0.29) is 5.75 Å². The van der Waals surface area contributed by atoms with Crippen LogP contribution in [-0.2, 0) is 0 Å². The van der Waals surface area contributed by atoms with Crippen molar-refractivity contribution in [2.75, 3.05) is 7.11 Å². The van der Waals surface area contributed by atoms with Crippen LogP contribution >= 0.6 is 38.5 Å². The maximum atomic E-state index is 13.7. The van der Waals surface area contributed by atoms with Crippen molar-refractivity contribution < 1.29 is 14.2 Å². The average molecular weight is 437 g/mol. The molecule has 0 aromatic heterocycles. The Morgan fingerprint density at radius 2 is 2.00 bits per heavy atom. The first-order chi connectivity index (χ1) is 9.02. The molecule has 0 saturated carbocycles. The third-order valence-corrected chi connectivity index (χ3v) is 4.22. The van der Waals surface area contributed by atoms with Gasteiger partial charge in [0.05, 0.1) is 7.11 Å². The van der Waals surface area contributed by atoms with E-state index < -0.39 is 11.9 Å². The Hall–Kier alpha value is -0.660. The standard InChI is InChI=1S/C14H11BrFIO2/c1-19-13-5-2-8(6-11(13)16)14(18)10-7-9(15)3-4-12(10)17/h2-7,14,18H,1H3. The normalized spacial score (nSPS) is 12.3. The van der Waals surface area contributed by atoms with Crippen LogP contribution in [0.2, 0.25) is 0 Å². The van der Waals surface area contributed by atoms with Gasteiger partial charge in [-0.15, -0.1) is 0 Å². The number of aliphatic hydroxyl groups is 1. The lowest BCUT2D eigenvalue weighted by atomic mass is 10.0. The van der Waals surface area contributed by atoms with Crippen LogP contribution in [0.4, 0.5) is 4.39 Å². The van der Waals surface area contributed by atoms with Gasteiger partial charge in [-0.2, -0.15) is 0 Å². The van der Waals surface area contributed by atoms with Gasteiger partial charge in [-0.25, -0.2) is 4.39 Å². The Balaban J connectivity index is 2.41. The number of ether oxygens (including phenoxy) is 1. The highest BCUT2D eigenvalue weighted by atomic mass is 127. The topological polar surface area (TPSA) is 29.5 Å². The van der Waals surface area contributed by atoms with Crippen LogP contribution in [0, 0.1) is 9.39 Å². The molecule has 0 aliphatic carbocycles. The third kappa shape index (κ3) is 3.27. The lowest BCUT2D eigenvalue weighted by molar-refractivity contribution is 0.218. The Kier molecular flexibility index (Phi) is 4.81. The maximum absolute atomic E-state index is 13.7. The summed E-state index contributed by atoms with van der Waals surface area (Å²) in [6, 6.07) is 10.1. The molecule has 0 amide bonds. The van der Waals surface area contributed by atoms with Crippen molar-refractivity contribution in [2.24, 2.45) is 0 Å². The van der Waals surface area contributed by atoms with E-state index in [4.69, 9.17) is 4.74 Å². The zero-order chi connectivity index (χ0) is 14.0. The number of methoxy groups -OCH3 is 1. The molecule has 0 saturated heterocycles. The zero-order valence-electron chi connectivity index (χ0n) is 10.0. The molecule has 1 N–H and O–H groups in total. The van der Waals surface area contributed by atoms with Crippen LogP contribution in [0.15, 0.2) is 40.9 Å². The Morgan fingerprint density at radius 3 is 2.63 bits per heavy atom. The molecule has 5 heteroatoms. The van der Waals surface area contributed by atoms with Gasteiger partial charge in [0.1, 0.15) is 6.10 Å². The van der Waals surface area contributed by atoms with E-state index in [1.54, 1.807) is 6.07 Å².